The standard InChI is InChI=1S/C19H18N4OS2/c1-2-16(24-14-9-5-3-6-10-14)18-22-23-17(20-21-19(23)26-18)13-25-15-11-7-4-8-12-15/h3-12,16H,2,13H2,1H3/t16-/m0/s1. The number of nitrogens with zero attached hydrogens (tertiary/aromatic N) is 4. The van der Waals surface area contributed by atoms with Gasteiger partial charge in [0, 0.05) is 4.90 Å². The number of ether oxygens (including phenoxy) is 1. The van der Waals surface area contributed by atoms with Crippen LogP contribution in [0.3, 0.4) is 0 Å². The minimum atomic E-state index is -0.0845. The van der Waals surface area contributed by atoms with Gasteiger partial charge in [0.25, 0.3) is 0 Å². The monoisotopic (exact) mass is 382 g/mol. The number of thioether (sulfide) groups is 1. The highest BCUT2D eigenvalue weighted by Crippen LogP contribution is 2.29. The van der Waals surface area contributed by atoms with Crippen LogP contribution in [0.25, 0.3) is 4.96 Å². The Hall–Kier alpha value is -2.38. The van der Waals surface area contributed by atoms with Crippen LogP contribution in [0.15, 0.2) is 65.6 Å². The van der Waals surface area contributed by atoms with E-state index in [1.54, 1.807) is 11.8 Å². The average Bonchev–Trinajstić information content (AvgIpc) is 3.27. The molecule has 0 bridgehead atoms. The third-order valence-corrected chi connectivity index (χ3v) is 5.85. The van der Waals surface area contributed by atoms with Gasteiger partial charge in [-0.3, -0.25) is 0 Å². The van der Waals surface area contributed by atoms with Gasteiger partial charge in [-0.05, 0) is 30.7 Å². The molecular formula is C19H18N4OS2. The smallest absolute Gasteiger partial charge is 0.234 e. The van der Waals surface area contributed by atoms with Crippen molar-refractivity contribution in [3.8, 4) is 5.75 Å². The predicted molar refractivity (Wildman–Crippen MR) is 105 cm³/mol. The Morgan fingerprint density at radius 3 is 2.50 bits per heavy atom. The summed E-state index contributed by atoms with van der Waals surface area (Å²) in [5, 5.41) is 14.2. The van der Waals surface area contributed by atoms with Crippen LogP contribution < -0.4 is 4.74 Å². The third kappa shape index (κ3) is 3.73. The molecule has 0 radical (unpaired) electrons. The van der Waals surface area contributed by atoms with Gasteiger partial charge >= 0.3 is 0 Å². The molecule has 0 saturated carbocycles. The zero-order valence-corrected chi connectivity index (χ0v) is 15.9. The minimum absolute atomic E-state index is 0.0845. The highest BCUT2D eigenvalue weighted by atomic mass is 32.2. The summed E-state index contributed by atoms with van der Waals surface area (Å²) in [5.41, 5.74) is 0. The zero-order chi connectivity index (χ0) is 17.8. The molecule has 5 nitrogen and oxygen atoms in total. The second-order valence-electron chi connectivity index (χ2n) is 5.68. The predicted octanol–water partition coefficient (Wildman–Crippen LogP) is 5.01. The summed E-state index contributed by atoms with van der Waals surface area (Å²) in [6.45, 7) is 2.10. The molecule has 0 aliphatic heterocycles. The first-order chi connectivity index (χ1) is 12.8. The Morgan fingerprint density at radius 1 is 1.04 bits per heavy atom. The highest BCUT2D eigenvalue weighted by molar-refractivity contribution is 7.98. The summed E-state index contributed by atoms with van der Waals surface area (Å²) in [7, 11) is 0. The second-order valence-corrected chi connectivity index (χ2v) is 7.72. The van der Waals surface area contributed by atoms with E-state index < -0.39 is 0 Å². The fraction of sp³-hybridized carbons (Fsp3) is 0.211. The van der Waals surface area contributed by atoms with Crippen LogP contribution in [0.5, 0.6) is 5.75 Å². The Balaban J connectivity index is 1.52. The number of aromatic nitrogens is 4. The SMILES string of the molecule is CC[C@H](Oc1ccccc1)c1nn2c(CSc3ccccc3)nnc2s1. The van der Waals surface area contributed by atoms with E-state index in [2.05, 4.69) is 29.3 Å². The molecule has 0 aliphatic rings. The molecule has 4 rings (SSSR count). The van der Waals surface area contributed by atoms with Gasteiger partial charge in [0.1, 0.15) is 5.75 Å². The first kappa shape index (κ1) is 17.1. The molecule has 0 fully saturated rings. The van der Waals surface area contributed by atoms with Crippen LogP contribution in [0, 0.1) is 0 Å². The summed E-state index contributed by atoms with van der Waals surface area (Å²) in [6.07, 6.45) is 0.756. The lowest BCUT2D eigenvalue weighted by atomic mass is 10.3. The van der Waals surface area contributed by atoms with Crippen molar-refractivity contribution >= 4 is 28.1 Å². The molecule has 132 valence electrons. The molecule has 0 amide bonds. The van der Waals surface area contributed by atoms with E-state index in [4.69, 9.17) is 9.84 Å². The van der Waals surface area contributed by atoms with Crippen molar-refractivity contribution in [3.63, 3.8) is 0 Å². The highest BCUT2D eigenvalue weighted by Gasteiger charge is 2.19. The lowest BCUT2D eigenvalue weighted by molar-refractivity contribution is 0.199. The van der Waals surface area contributed by atoms with Crippen LogP contribution in [0.4, 0.5) is 0 Å². The molecule has 2 heterocycles. The molecule has 2 aromatic carbocycles. The van der Waals surface area contributed by atoms with Crippen molar-refractivity contribution < 1.29 is 4.74 Å². The van der Waals surface area contributed by atoms with Gasteiger partial charge in [0.2, 0.25) is 4.96 Å². The Morgan fingerprint density at radius 2 is 1.77 bits per heavy atom. The fourth-order valence-electron chi connectivity index (χ4n) is 2.53. The van der Waals surface area contributed by atoms with E-state index in [-0.39, 0.29) is 6.10 Å². The van der Waals surface area contributed by atoms with Crippen molar-refractivity contribution in [2.24, 2.45) is 0 Å². The lowest BCUT2D eigenvalue weighted by Gasteiger charge is -2.14. The number of fused-ring (bicyclic) bond motifs is 1. The summed E-state index contributed by atoms with van der Waals surface area (Å²) >= 11 is 3.26. The van der Waals surface area contributed by atoms with Gasteiger partial charge in [0.05, 0.1) is 5.75 Å². The van der Waals surface area contributed by atoms with Crippen LogP contribution >= 0.6 is 23.1 Å². The molecule has 26 heavy (non-hydrogen) atoms. The van der Waals surface area contributed by atoms with Crippen molar-refractivity contribution in [2.75, 3.05) is 0 Å². The van der Waals surface area contributed by atoms with Gasteiger partial charge in [-0.15, -0.1) is 22.0 Å². The third-order valence-electron chi connectivity index (χ3n) is 3.85. The van der Waals surface area contributed by atoms with Crippen LogP contribution in [-0.4, -0.2) is 19.8 Å². The Labute approximate surface area is 160 Å². The largest absolute Gasteiger partial charge is 0.483 e. The maximum atomic E-state index is 6.10. The van der Waals surface area contributed by atoms with Crippen molar-refractivity contribution in [2.45, 2.75) is 30.1 Å². The number of para-hydroxylation sites is 1. The van der Waals surface area contributed by atoms with Crippen molar-refractivity contribution in [3.05, 3.63) is 71.5 Å². The molecule has 4 aromatic rings. The normalized spacial score (nSPS) is 12.3. The molecule has 0 saturated heterocycles. The molecule has 1 atom stereocenters. The number of benzene rings is 2. The average molecular weight is 383 g/mol. The molecular weight excluding hydrogens is 364 g/mol. The van der Waals surface area contributed by atoms with Crippen LogP contribution in [-0.2, 0) is 5.75 Å². The fourth-order valence-corrected chi connectivity index (χ4v) is 4.32. The lowest BCUT2D eigenvalue weighted by Crippen LogP contribution is -2.07. The number of hydrogen-bond donors (Lipinski definition) is 0. The van der Waals surface area contributed by atoms with E-state index in [1.165, 1.54) is 16.2 Å². The van der Waals surface area contributed by atoms with E-state index in [0.29, 0.717) is 0 Å². The number of rotatable bonds is 7. The molecule has 7 heteroatoms. The van der Waals surface area contributed by atoms with Crippen molar-refractivity contribution in [1.82, 2.24) is 19.8 Å². The maximum Gasteiger partial charge on any atom is 0.234 e. The first-order valence-corrected chi connectivity index (χ1v) is 10.2. The minimum Gasteiger partial charge on any atom is -0.483 e. The topological polar surface area (TPSA) is 52.3 Å². The molecule has 0 N–H and O–H groups in total. The summed E-state index contributed by atoms with van der Waals surface area (Å²) in [6, 6.07) is 20.1. The molecule has 0 spiro atoms. The quantitative estimate of drug-likeness (QED) is 0.421. The van der Waals surface area contributed by atoms with Crippen LogP contribution in [0.1, 0.15) is 30.3 Å². The van der Waals surface area contributed by atoms with Crippen molar-refractivity contribution in [1.29, 1.82) is 0 Å². The molecule has 0 unspecified atom stereocenters. The van der Waals surface area contributed by atoms with Gasteiger partial charge in [-0.2, -0.15) is 9.61 Å². The molecule has 2 aromatic heterocycles. The maximum absolute atomic E-state index is 6.10. The summed E-state index contributed by atoms with van der Waals surface area (Å²) in [5.74, 6) is 2.43. The van der Waals surface area contributed by atoms with Gasteiger partial charge < -0.3 is 4.74 Å². The Bertz CT molecular complexity index is 969. The van der Waals surface area contributed by atoms with Gasteiger partial charge in [-0.25, -0.2) is 0 Å². The van der Waals surface area contributed by atoms with E-state index >= 15 is 0 Å². The Kier molecular flexibility index (Phi) is 5.17. The van der Waals surface area contributed by atoms with E-state index in [1.807, 2.05) is 53.0 Å². The summed E-state index contributed by atoms with van der Waals surface area (Å²) < 4.78 is 7.94. The van der Waals surface area contributed by atoms with Crippen LogP contribution in [0.2, 0.25) is 0 Å². The zero-order valence-electron chi connectivity index (χ0n) is 14.3. The van der Waals surface area contributed by atoms with E-state index in [0.717, 1.165) is 33.7 Å². The van der Waals surface area contributed by atoms with Gasteiger partial charge in [0.15, 0.2) is 16.9 Å². The molecule has 0 aliphatic carbocycles. The first-order valence-electron chi connectivity index (χ1n) is 8.44. The number of hydrogen-bond acceptors (Lipinski definition) is 6. The van der Waals surface area contributed by atoms with Gasteiger partial charge in [-0.1, -0.05) is 54.7 Å². The second kappa shape index (κ2) is 7.88. The summed E-state index contributed by atoms with van der Waals surface area (Å²) in [4.78, 5) is 2.01. The van der Waals surface area contributed by atoms with E-state index in [9.17, 15) is 0 Å².